The Morgan fingerprint density at radius 3 is 2.34 bits per heavy atom. The molecule has 2 heterocycles. The summed E-state index contributed by atoms with van der Waals surface area (Å²) in [6.07, 6.45) is 2.34. The number of hydrogen-bond acceptors (Lipinski definition) is 4. The topological polar surface area (TPSA) is 66.3 Å². The molecular weight excluding hydrogens is 456 g/mol. The van der Waals surface area contributed by atoms with Gasteiger partial charge in [-0.25, -0.2) is 9.97 Å². The van der Waals surface area contributed by atoms with Crippen molar-refractivity contribution in [3.05, 3.63) is 61.7 Å². The van der Waals surface area contributed by atoms with Crippen molar-refractivity contribution in [2.45, 2.75) is 25.3 Å². The second-order valence-electron chi connectivity index (χ2n) is 6.90. The summed E-state index contributed by atoms with van der Waals surface area (Å²) >= 11 is 24.1. The van der Waals surface area contributed by atoms with E-state index >= 15 is 0 Å². The lowest BCUT2D eigenvalue weighted by molar-refractivity contribution is 0.0726. The van der Waals surface area contributed by atoms with Crippen molar-refractivity contribution in [2.75, 3.05) is 6.54 Å². The molecule has 1 aromatic heterocycles. The fourth-order valence-electron chi connectivity index (χ4n) is 3.58. The molecule has 9 heteroatoms. The Hall–Kier alpha value is -1.79. The van der Waals surface area contributed by atoms with Crippen molar-refractivity contribution in [3.63, 3.8) is 0 Å². The van der Waals surface area contributed by atoms with Crippen LogP contribution in [0, 0.1) is 0 Å². The first-order valence-electron chi connectivity index (χ1n) is 8.94. The van der Waals surface area contributed by atoms with Crippen molar-refractivity contribution >= 4 is 63.3 Å². The molecular formula is C20H15Cl4N3O2. The van der Waals surface area contributed by atoms with Crippen LogP contribution in [0.4, 0.5) is 0 Å². The van der Waals surface area contributed by atoms with E-state index in [1.807, 2.05) is 12.1 Å². The van der Waals surface area contributed by atoms with Crippen LogP contribution in [0.2, 0.25) is 20.1 Å². The van der Waals surface area contributed by atoms with Gasteiger partial charge in [-0.05, 0) is 49.1 Å². The van der Waals surface area contributed by atoms with E-state index < -0.39 is 5.88 Å². The van der Waals surface area contributed by atoms with Gasteiger partial charge in [0.25, 0.3) is 5.91 Å². The highest BCUT2D eigenvalue weighted by Crippen LogP contribution is 2.31. The molecule has 2 aromatic carbocycles. The van der Waals surface area contributed by atoms with Crippen molar-refractivity contribution in [1.29, 1.82) is 0 Å². The highest BCUT2D eigenvalue weighted by Gasteiger charge is 2.32. The summed E-state index contributed by atoms with van der Waals surface area (Å²) < 4.78 is 0. The Balaban J connectivity index is 1.63. The zero-order valence-corrected chi connectivity index (χ0v) is 18.0. The second kappa shape index (κ2) is 8.15. The molecule has 5 nitrogen and oxygen atoms in total. The van der Waals surface area contributed by atoms with Gasteiger partial charge in [0.2, 0.25) is 5.88 Å². The molecule has 29 heavy (non-hydrogen) atoms. The maximum atomic E-state index is 13.1. The predicted molar refractivity (Wildman–Crippen MR) is 115 cm³/mol. The Kier molecular flexibility index (Phi) is 5.76. The third-order valence-corrected chi connectivity index (χ3v) is 6.44. The number of nitrogens with zero attached hydrogens (tertiary/aromatic N) is 3. The highest BCUT2D eigenvalue weighted by molar-refractivity contribution is 6.43. The molecule has 1 aliphatic heterocycles. The number of fused-ring (bicyclic) bond motifs is 1. The number of rotatable bonds is 3. The van der Waals surface area contributed by atoms with Gasteiger partial charge in [-0.2, -0.15) is 0 Å². The number of aromatic hydroxyl groups is 1. The Labute approximate surface area is 187 Å². The van der Waals surface area contributed by atoms with E-state index in [0.717, 1.165) is 18.4 Å². The molecule has 0 saturated carbocycles. The van der Waals surface area contributed by atoms with Crippen LogP contribution in [0.3, 0.4) is 0 Å². The Bertz CT molecular complexity index is 1120. The molecule has 1 unspecified atom stereocenters. The smallest absolute Gasteiger partial charge is 0.278 e. The number of hydrogen-bond donors (Lipinski definition) is 1. The van der Waals surface area contributed by atoms with Gasteiger partial charge >= 0.3 is 0 Å². The van der Waals surface area contributed by atoms with Gasteiger partial charge in [-0.1, -0.05) is 52.5 Å². The van der Waals surface area contributed by atoms with Gasteiger partial charge in [-0.3, -0.25) is 4.79 Å². The molecule has 150 valence electrons. The maximum Gasteiger partial charge on any atom is 0.278 e. The molecule has 1 aliphatic rings. The van der Waals surface area contributed by atoms with Crippen LogP contribution in [0.1, 0.15) is 28.9 Å². The quantitative estimate of drug-likeness (QED) is 0.525. The third-order valence-electron chi connectivity index (χ3n) is 4.98. The summed E-state index contributed by atoms with van der Waals surface area (Å²) in [5.41, 5.74) is 1.64. The maximum absolute atomic E-state index is 13.1. The monoisotopic (exact) mass is 469 g/mol. The Morgan fingerprint density at radius 2 is 1.66 bits per heavy atom. The van der Waals surface area contributed by atoms with Gasteiger partial charge in [-0.15, -0.1) is 0 Å². The van der Waals surface area contributed by atoms with Crippen molar-refractivity contribution in [3.8, 4) is 5.88 Å². The molecule has 0 bridgehead atoms. The van der Waals surface area contributed by atoms with Gasteiger partial charge in [0, 0.05) is 12.6 Å². The van der Waals surface area contributed by atoms with Crippen molar-refractivity contribution in [1.82, 2.24) is 14.9 Å². The van der Waals surface area contributed by atoms with Crippen molar-refractivity contribution < 1.29 is 9.90 Å². The van der Waals surface area contributed by atoms with E-state index in [0.29, 0.717) is 44.1 Å². The first-order valence-corrected chi connectivity index (χ1v) is 10.5. The lowest BCUT2D eigenvalue weighted by atomic mass is 10.0. The molecule has 4 rings (SSSR count). The lowest BCUT2D eigenvalue weighted by Crippen LogP contribution is -2.37. The van der Waals surface area contributed by atoms with Crippen LogP contribution in [-0.4, -0.2) is 38.5 Å². The third kappa shape index (κ3) is 4.10. The molecule has 0 radical (unpaired) electrons. The molecule has 1 saturated heterocycles. The average Bonchev–Trinajstić information content (AvgIpc) is 3.13. The van der Waals surface area contributed by atoms with E-state index in [2.05, 4.69) is 9.97 Å². The fraction of sp³-hybridized carbons (Fsp3) is 0.250. The summed E-state index contributed by atoms with van der Waals surface area (Å²) in [4.78, 5) is 23.2. The van der Waals surface area contributed by atoms with Gasteiger partial charge in [0.15, 0.2) is 5.69 Å². The van der Waals surface area contributed by atoms with E-state index in [9.17, 15) is 9.90 Å². The zero-order chi connectivity index (χ0) is 20.7. The van der Waals surface area contributed by atoms with Crippen LogP contribution in [0.25, 0.3) is 11.0 Å². The summed E-state index contributed by atoms with van der Waals surface area (Å²) in [6.45, 7) is 0.575. The van der Waals surface area contributed by atoms with E-state index in [4.69, 9.17) is 46.4 Å². The first-order chi connectivity index (χ1) is 13.8. The van der Waals surface area contributed by atoms with Gasteiger partial charge in [0.05, 0.1) is 31.1 Å². The number of halogens is 4. The van der Waals surface area contributed by atoms with Gasteiger partial charge in [0.1, 0.15) is 0 Å². The van der Waals surface area contributed by atoms with Crippen LogP contribution in [0.15, 0.2) is 30.3 Å². The van der Waals surface area contributed by atoms with Crippen LogP contribution in [-0.2, 0) is 6.42 Å². The minimum Gasteiger partial charge on any atom is -0.492 e. The summed E-state index contributed by atoms with van der Waals surface area (Å²) in [5.74, 6) is -0.799. The summed E-state index contributed by atoms with van der Waals surface area (Å²) in [5, 5.41) is 11.9. The number of carbonyl (C=O) groups excluding carboxylic acids is 1. The number of amides is 1. The predicted octanol–water partition coefficient (Wildman–Crippen LogP) is 5.80. The van der Waals surface area contributed by atoms with Crippen molar-refractivity contribution in [2.24, 2.45) is 0 Å². The molecule has 1 amide bonds. The normalized spacial score (nSPS) is 16.6. The van der Waals surface area contributed by atoms with Crippen LogP contribution < -0.4 is 0 Å². The fourth-order valence-corrected chi connectivity index (χ4v) is 4.21. The first kappa shape index (κ1) is 20.5. The Morgan fingerprint density at radius 1 is 1.00 bits per heavy atom. The largest absolute Gasteiger partial charge is 0.492 e. The van der Waals surface area contributed by atoms with E-state index in [-0.39, 0.29) is 17.6 Å². The molecule has 0 spiro atoms. The average molecular weight is 471 g/mol. The SMILES string of the molecule is O=C(c1nc2cc(Cl)c(Cl)cc2nc1O)N1CCCC1Cc1ccc(Cl)c(Cl)c1. The molecule has 0 aliphatic carbocycles. The molecule has 1 fully saturated rings. The van der Waals surface area contributed by atoms with E-state index in [1.54, 1.807) is 11.0 Å². The number of carbonyl (C=O) groups is 1. The van der Waals surface area contributed by atoms with Crippen LogP contribution in [0.5, 0.6) is 5.88 Å². The zero-order valence-electron chi connectivity index (χ0n) is 15.0. The van der Waals surface area contributed by atoms with Gasteiger partial charge < -0.3 is 10.0 Å². The number of likely N-dealkylation sites (tertiary alicyclic amines) is 1. The highest BCUT2D eigenvalue weighted by atomic mass is 35.5. The standard InChI is InChI=1S/C20H15Cl4N3O2/c21-12-4-3-10(7-13(12)22)6-11-2-1-5-27(11)20(29)18-19(28)26-17-9-15(24)14(23)8-16(17)25-18/h3-4,7-9,11H,1-2,5-6H2,(H,26,28). The summed E-state index contributed by atoms with van der Waals surface area (Å²) in [6, 6.07) is 8.45. The molecule has 3 aromatic rings. The minimum atomic E-state index is -0.430. The minimum absolute atomic E-state index is 0.0366. The van der Waals surface area contributed by atoms with E-state index in [1.165, 1.54) is 12.1 Å². The summed E-state index contributed by atoms with van der Waals surface area (Å²) in [7, 11) is 0. The number of benzene rings is 2. The lowest BCUT2D eigenvalue weighted by Gasteiger charge is -2.25. The number of aromatic nitrogens is 2. The van der Waals surface area contributed by atoms with Crippen LogP contribution >= 0.6 is 46.4 Å². The second-order valence-corrected chi connectivity index (χ2v) is 8.53. The molecule has 1 atom stereocenters. The molecule has 1 N–H and O–H groups in total.